The van der Waals surface area contributed by atoms with Gasteiger partial charge in [0.25, 0.3) is 5.91 Å². The molecule has 6 nitrogen and oxygen atoms in total. The van der Waals surface area contributed by atoms with Crippen LogP contribution >= 0.6 is 0 Å². The van der Waals surface area contributed by atoms with E-state index in [1.807, 2.05) is 41.2 Å². The maximum Gasteiger partial charge on any atom is 0.253 e. The molecule has 140 valence electrons. The SMILES string of the molecule is CCN(CC)c1ccc(C(=O)NCc2ccc(Cn3cccn3)cc2)cn1. The van der Waals surface area contributed by atoms with E-state index in [2.05, 4.69) is 46.3 Å². The molecule has 6 heteroatoms. The van der Waals surface area contributed by atoms with Crippen LogP contribution in [-0.4, -0.2) is 33.8 Å². The van der Waals surface area contributed by atoms with Crippen molar-refractivity contribution in [3.8, 4) is 0 Å². The second kappa shape index (κ2) is 8.98. The van der Waals surface area contributed by atoms with Gasteiger partial charge in [-0.25, -0.2) is 4.98 Å². The van der Waals surface area contributed by atoms with Crippen LogP contribution in [0.4, 0.5) is 5.82 Å². The smallest absolute Gasteiger partial charge is 0.253 e. The quantitative estimate of drug-likeness (QED) is 0.668. The van der Waals surface area contributed by atoms with E-state index in [9.17, 15) is 4.79 Å². The molecule has 2 heterocycles. The van der Waals surface area contributed by atoms with Crippen LogP contribution < -0.4 is 10.2 Å². The largest absolute Gasteiger partial charge is 0.357 e. The van der Waals surface area contributed by atoms with E-state index in [1.54, 1.807) is 12.4 Å². The zero-order chi connectivity index (χ0) is 19.1. The van der Waals surface area contributed by atoms with Gasteiger partial charge in [-0.3, -0.25) is 9.48 Å². The van der Waals surface area contributed by atoms with Gasteiger partial charge in [0.05, 0.1) is 12.1 Å². The Morgan fingerprint density at radius 3 is 2.41 bits per heavy atom. The van der Waals surface area contributed by atoms with Crippen molar-refractivity contribution in [2.45, 2.75) is 26.9 Å². The molecule has 0 aliphatic rings. The average molecular weight is 363 g/mol. The van der Waals surface area contributed by atoms with Crippen molar-refractivity contribution < 1.29 is 4.79 Å². The minimum atomic E-state index is -0.116. The molecule has 0 spiro atoms. The Bertz CT molecular complexity index is 837. The fourth-order valence-corrected chi connectivity index (χ4v) is 2.88. The van der Waals surface area contributed by atoms with E-state index in [-0.39, 0.29) is 5.91 Å². The summed E-state index contributed by atoms with van der Waals surface area (Å²) >= 11 is 0. The zero-order valence-corrected chi connectivity index (χ0v) is 15.8. The first-order valence-electron chi connectivity index (χ1n) is 9.24. The molecule has 0 fully saturated rings. The van der Waals surface area contributed by atoms with Gasteiger partial charge < -0.3 is 10.2 Å². The number of carbonyl (C=O) groups is 1. The van der Waals surface area contributed by atoms with Crippen molar-refractivity contribution in [2.24, 2.45) is 0 Å². The molecule has 0 saturated heterocycles. The van der Waals surface area contributed by atoms with Gasteiger partial charge in [-0.2, -0.15) is 5.10 Å². The number of hydrogen-bond acceptors (Lipinski definition) is 4. The van der Waals surface area contributed by atoms with Crippen molar-refractivity contribution in [1.29, 1.82) is 0 Å². The number of anilines is 1. The minimum absolute atomic E-state index is 0.116. The van der Waals surface area contributed by atoms with Gasteiger partial charge >= 0.3 is 0 Å². The summed E-state index contributed by atoms with van der Waals surface area (Å²) in [7, 11) is 0. The number of nitrogens with zero attached hydrogens (tertiary/aromatic N) is 4. The Hall–Kier alpha value is -3.15. The van der Waals surface area contributed by atoms with Gasteiger partial charge in [0.15, 0.2) is 0 Å². The predicted octanol–water partition coefficient (Wildman–Crippen LogP) is 3.10. The van der Waals surface area contributed by atoms with E-state index in [0.717, 1.165) is 31.0 Å². The molecule has 3 aromatic rings. The summed E-state index contributed by atoms with van der Waals surface area (Å²) in [5.41, 5.74) is 2.80. The topological polar surface area (TPSA) is 63.1 Å². The summed E-state index contributed by atoms with van der Waals surface area (Å²) in [4.78, 5) is 18.9. The highest BCUT2D eigenvalue weighted by molar-refractivity contribution is 5.94. The van der Waals surface area contributed by atoms with Crippen LogP contribution in [0.15, 0.2) is 61.1 Å². The van der Waals surface area contributed by atoms with Crippen molar-refractivity contribution in [3.63, 3.8) is 0 Å². The molecule has 0 bridgehead atoms. The zero-order valence-electron chi connectivity index (χ0n) is 15.8. The summed E-state index contributed by atoms with van der Waals surface area (Å²) in [5.74, 6) is 0.776. The Balaban J connectivity index is 1.54. The van der Waals surface area contributed by atoms with Gasteiger partial charge in [0, 0.05) is 38.2 Å². The summed E-state index contributed by atoms with van der Waals surface area (Å²) in [5, 5.41) is 7.15. The second-order valence-electron chi connectivity index (χ2n) is 6.28. The number of rotatable bonds is 8. The Labute approximate surface area is 159 Å². The lowest BCUT2D eigenvalue weighted by Gasteiger charge is -2.19. The van der Waals surface area contributed by atoms with E-state index in [4.69, 9.17) is 0 Å². The van der Waals surface area contributed by atoms with Gasteiger partial charge in [0.2, 0.25) is 0 Å². The highest BCUT2D eigenvalue weighted by atomic mass is 16.1. The van der Waals surface area contributed by atoms with Gasteiger partial charge in [0.1, 0.15) is 5.82 Å². The molecule has 1 amide bonds. The first-order chi connectivity index (χ1) is 13.2. The molecule has 0 unspecified atom stereocenters. The van der Waals surface area contributed by atoms with Crippen LogP contribution in [0, 0.1) is 0 Å². The van der Waals surface area contributed by atoms with E-state index in [0.29, 0.717) is 12.1 Å². The molecular weight excluding hydrogens is 338 g/mol. The lowest BCUT2D eigenvalue weighted by Crippen LogP contribution is -2.25. The van der Waals surface area contributed by atoms with E-state index >= 15 is 0 Å². The molecule has 0 aliphatic heterocycles. The average Bonchev–Trinajstić information content (AvgIpc) is 3.22. The Morgan fingerprint density at radius 2 is 1.81 bits per heavy atom. The fraction of sp³-hybridized carbons (Fsp3) is 0.286. The summed E-state index contributed by atoms with van der Waals surface area (Å²) < 4.78 is 1.88. The fourth-order valence-electron chi connectivity index (χ4n) is 2.88. The van der Waals surface area contributed by atoms with Crippen LogP contribution in [0.25, 0.3) is 0 Å². The molecule has 1 N–H and O–H groups in total. The normalized spacial score (nSPS) is 10.6. The Kier molecular flexibility index (Phi) is 6.20. The third kappa shape index (κ3) is 4.94. The molecule has 27 heavy (non-hydrogen) atoms. The van der Waals surface area contributed by atoms with Gasteiger partial charge in [-0.1, -0.05) is 24.3 Å². The maximum absolute atomic E-state index is 12.3. The monoisotopic (exact) mass is 363 g/mol. The second-order valence-corrected chi connectivity index (χ2v) is 6.28. The molecule has 0 atom stereocenters. The molecule has 1 aromatic carbocycles. The van der Waals surface area contributed by atoms with Crippen molar-refractivity contribution in [3.05, 3.63) is 77.7 Å². The number of benzene rings is 1. The summed E-state index contributed by atoms with van der Waals surface area (Å²) in [6.45, 7) is 7.19. The van der Waals surface area contributed by atoms with E-state index < -0.39 is 0 Å². The number of aromatic nitrogens is 3. The summed E-state index contributed by atoms with van der Waals surface area (Å²) in [6.07, 6.45) is 5.34. The highest BCUT2D eigenvalue weighted by Crippen LogP contribution is 2.11. The number of hydrogen-bond donors (Lipinski definition) is 1. The molecule has 0 aliphatic carbocycles. The number of carbonyl (C=O) groups excluding carboxylic acids is 1. The molecular formula is C21H25N5O. The molecule has 3 rings (SSSR count). The highest BCUT2D eigenvalue weighted by Gasteiger charge is 2.08. The van der Waals surface area contributed by atoms with E-state index in [1.165, 1.54) is 5.56 Å². The maximum atomic E-state index is 12.3. The minimum Gasteiger partial charge on any atom is -0.357 e. The lowest BCUT2D eigenvalue weighted by atomic mass is 10.1. The van der Waals surface area contributed by atoms with Crippen LogP contribution in [0.3, 0.4) is 0 Å². The van der Waals surface area contributed by atoms with Crippen molar-refractivity contribution in [2.75, 3.05) is 18.0 Å². The first kappa shape index (κ1) is 18.6. The predicted molar refractivity (Wildman–Crippen MR) is 107 cm³/mol. The molecule has 0 saturated carbocycles. The van der Waals surface area contributed by atoms with Crippen LogP contribution in [0.1, 0.15) is 35.3 Å². The molecule has 2 aromatic heterocycles. The number of amides is 1. The Morgan fingerprint density at radius 1 is 1.07 bits per heavy atom. The standard InChI is InChI=1S/C21H25N5O/c1-3-25(4-2)20-11-10-19(15-22-20)21(27)23-14-17-6-8-18(9-7-17)16-26-13-5-12-24-26/h5-13,15H,3-4,14,16H2,1-2H3,(H,23,27). The van der Waals surface area contributed by atoms with Gasteiger partial charge in [-0.15, -0.1) is 0 Å². The van der Waals surface area contributed by atoms with Gasteiger partial charge in [-0.05, 0) is 43.2 Å². The lowest BCUT2D eigenvalue weighted by molar-refractivity contribution is 0.0950. The first-order valence-corrected chi connectivity index (χ1v) is 9.24. The van der Waals surface area contributed by atoms with Crippen LogP contribution in [-0.2, 0) is 13.1 Å². The van der Waals surface area contributed by atoms with Crippen molar-refractivity contribution in [1.82, 2.24) is 20.1 Å². The number of nitrogens with one attached hydrogen (secondary N) is 1. The molecule has 0 radical (unpaired) electrons. The third-order valence-corrected chi connectivity index (χ3v) is 4.48. The van der Waals surface area contributed by atoms with Crippen LogP contribution in [0.2, 0.25) is 0 Å². The summed E-state index contributed by atoms with van der Waals surface area (Å²) in [6, 6.07) is 13.8. The van der Waals surface area contributed by atoms with Crippen molar-refractivity contribution >= 4 is 11.7 Å². The van der Waals surface area contributed by atoms with Crippen LogP contribution in [0.5, 0.6) is 0 Å². The number of pyridine rings is 1. The third-order valence-electron chi connectivity index (χ3n) is 4.48.